The Morgan fingerprint density at radius 3 is 2.83 bits per heavy atom. The lowest BCUT2D eigenvalue weighted by molar-refractivity contribution is -0.384. The van der Waals surface area contributed by atoms with Gasteiger partial charge in [-0.05, 0) is 19.1 Å². The topological polar surface area (TPSA) is 134 Å². The zero-order valence-corrected chi connectivity index (χ0v) is 11.8. The molecule has 0 atom stereocenters. The van der Waals surface area contributed by atoms with Crippen molar-refractivity contribution < 1.29 is 19.2 Å². The van der Waals surface area contributed by atoms with Crippen molar-refractivity contribution in [2.45, 2.75) is 6.92 Å². The van der Waals surface area contributed by atoms with Crippen molar-refractivity contribution in [2.24, 2.45) is 10.2 Å². The van der Waals surface area contributed by atoms with Gasteiger partial charge in [-0.3, -0.25) is 14.9 Å². The van der Waals surface area contributed by atoms with E-state index in [0.29, 0.717) is 11.3 Å². The Bertz CT molecular complexity index is 953. The summed E-state index contributed by atoms with van der Waals surface area (Å²) >= 11 is 0. The minimum Gasteiger partial charge on any atom is -0.493 e. The number of azo groups is 1. The van der Waals surface area contributed by atoms with Crippen molar-refractivity contribution in [3.05, 3.63) is 52.0 Å². The molecule has 23 heavy (non-hydrogen) atoms. The number of non-ortho nitro benzene ring substituents is 1. The lowest BCUT2D eigenvalue weighted by Gasteiger charge is -1.93. The van der Waals surface area contributed by atoms with Crippen molar-refractivity contribution in [3.8, 4) is 5.88 Å². The number of carbonyl (C=O) groups is 1. The number of nitro groups is 1. The van der Waals surface area contributed by atoms with Gasteiger partial charge in [-0.2, -0.15) is 0 Å². The molecule has 9 nitrogen and oxygen atoms in total. The van der Waals surface area contributed by atoms with Gasteiger partial charge in [-0.15, -0.1) is 10.2 Å². The summed E-state index contributed by atoms with van der Waals surface area (Å²) in [5.41, 5.74) is 0.483. The highest BCUT2D eigenvalue weighted by atomic mass is 16.6. The van der Waals surface area contributed by atoms with Crippen LogP contribution >= 0.6 is 0 Å². The van der Waals surface area contributed by atoms with E-state index in [2.05, 4.69) is 15.2 Å². The molecule has 116 valence electrons. The van der Waals surface area contributed by atoms with Crippen molar-refractivity contribution in [1.29, 1.82) is 0 Å². The second-order valence-electron chi connectivity index (χ2n) is 4.70. The van der Waals surface area contributed by atoms with E-state index in [0.717, 1.165) is 0 Å². The van der Waals surface area contributed by atoms with E-state index < -0.39 is 10.8 Å². The van der Waals surface area contributed by atoms with Gasteiger partial charge in [0.25, 0.3) is 11.6 Å². The predicted molar refractivity (Wildman–Crippen MR) is 78.9 cm³/mol. The molecule has 1 aromatic carbocycles. The Labute approximate surface area is 128 Å². The molecule has 0 radical (unpaired) electrons. The van der Waals surface area contributed by atoms with Crippen LogP contribution in [0.15, 0.2) is 45.2 Å². The molecule has 0 unspecified atom stereocenters. The van der Waals surface area contributed by atoms with Crippen LogP contribution in [0.2, 0.25) is 0 Å². The lowest BCUT2D eigenvalue weighted by atomic mass is 10.2. The van der Waals surface area contributed by atoms with Gasteiger partial charge in [0.2, 0.25) is 5.88 Å². The highest BCUT2D eigenvalue weighted by molar-refractivity contribution is 5.98. The zero-order chi connectivity index (χ0) is 16.6. The number of rotatable bonds is 3. The second kappa shape index (κ2) is 5.37. The number of hydrogen-bond acceptors (Lipinski definition) is 6. The Morgan fingerprint density at radius 2 is 2.17 bits per heavy atom. The molecule has 0 aliphatic carbocycles. The van der Waals surface area contributed by atoms with Gasteiger partial charge >= 0.3 is 0 Å². The highest BCUT2D eigenvalue weighted by Crippen LogP contribution is 2.37. The molecule has 1 amide bonds. The Hall–Kier alpha value is -3.49. The number of aromatic amines is 1. The third-order valence-corrected chi connectivity index (χ3v) is 3.28. The van der Waals surface area contributed by atoms with Crippen molar-refractivity contribution in [3.63, 3.8) is 0 Å². The number of fused-ring (bicyclic) bond motifs is 1. The second-order valence-corrected chi connectivity index (χ2v) is 4.70. The van der Waals surface area contributed by atoms with Crippen LogP contribution in [0, 0.1) is 17.0 Å². The number of benzene rings is 1. The normalized spacial score (nSPS) is 11.3. The number of nitrogens with zero attached hydrogens (tertiary/aromatic N) is 3. The molecule has 0 aliphatic rings. The molecule has 9 heteroatoms. The van der Waals surface area contributed by atoms with Crippen LogP contribution in [0.5, 0.6) is 5.88 Å². The number of furan rings is 1. The summed E-state index contributed by atoms with van der Waals surface area (Å²) in [6.45, 7) is 1.61. The first-order chi connectivity index (χ1) is 11.0. The van der Waals surface area contributed by atoms with E-state index in [9.17, 15) is 20.0 Å². The SMILES string of the molecule is Cc1occc1C(=O)N=Nc1c(O)[nH]c2ccc([N+](=O)[O-])cc12. The summed E-state index contributed by atoms with van der Waals surface area (Å²) in [5.74, 6) is -0.580. The molecule has 3 aromatic rings. The van der Waals surface area contributed by atoms with Crippen LogP contribution in [0.3, 0.4) is 0 Å². The Morgan fingerprint density at radius 1 is 1.39 bits per heavy atom. The average molecular weight is 314 g/mol. The van der Waals surface area contributed by atoms with E-state index in [-0.39, 0.29) is 28.2 Å². The molecule has 0 spiro atoms. The van der Waals surface area contributed by atoms with Crippen molar-refractivity contribution in [2.75, 3.05) is 0 Å². The Kier molecular flexibility index (Phi) is 3.37. The molecule has 2 aromatic heterocycles. The first kappa shape index (κ1) is 14.4. The molecular weight excluding hydrogens is 304 g/mol. The van der Waals surface area contributed by atoms with Crippen LogP contribution < -0.4 is 0 Å². The van der Waals surface area contributed by atoms with E-state index in [1.54, 1.807) is 6.92 Å². The molecule has 0 bridgehead atoms. The molecule has 2 heterocycles. The molecule has 0 saturated carbocycles. The maximum Gasteiger partial charge on any atom is 0.298 e. The zero-order valence-electron chi connectivity index (χ0n) is 11.8. The summed E-state index contributed by atoms with van der Waals surface area (Å²) in [7, 11) is 0. The number of hydrogen-bond donors (Lipinski definition) is 2. The molecule has 3 rings (SSSR count). The summed E-state index contributed by atoms with van der Waals surface area (Å²) in [4.78, 5) is 24.8. The van der Waals surface area contributed by atoms with Crippen molar-refractivity contribution >= 4 is 28.2 Å². The Balaban J connectivity index is 2.02. The summed E-state index contributed by atoms with van der Waals surface area (Å²) in [5, 5.41) is 28.2. The minimum absolute atomic E-state index is 0.0433. The van der Waals surface area contributed by atoms with E-state index in [1.807, 2.05) is 0 Å². The number of carbonyl (C=O) groups excluding carboxylic acids is 1. The van der Waals surface area contributed by atoms with Gasteiger partial charge in [-0.1, -0.05) is 0 Å². The summed E-state index contributed by atoms with van der Waals surface area (Å²) < 4.78 is 5.01. The van der Waals surface area contributed by atoms with E-state index in [1.165, 1.54) is 30.5 Å². The number of aryl methyl sites for hydroxylation is 1. The average Bonchev–Trinajstić information content (AvgIpc) is 3.07. The van der Waals surface area contributed by atoms with Crippen LogP contribution in [-0.4, -0.2) is 20.9 Å². The van der Waals surface area contributed by atoms with Gasteiger partial charge in [0.15, 0.2) is 5.69 Å². The molecular formula is C14H10N4O5. The number of H-pyrrole nitrogens is 1. The van der Waals surface area contributed by atoms with Gasteiger partial charge < -0.3 is 14.5 Å². The number of nitrogens with one attached hydrogen (secondary N) is 1. The fourth-order valence-electron chi connectivity index (χ4n) is 2.12. The number of aromatic nitrogens is 1. The fraction of sp³-hybridized carbons (Fsp3) is 0.0714. The summed E-state index contributed by atoms with van der Waals surface area (Å²) in [6, 6.07) is 5.43. The standard InChI is InChI=1S/C14H10N4O5/c1-7-9(4-5-23-7)13(19)17-16-12-10-6-8(18(21)22)2-3-11(10)15-14(12)20/h2-6,15,20H,1H3. The first-order valence-electron chi connectivity index (χ1n) is 6.46. The molecule has 0 aliphatic heterocycles. The third kappa shape index (κ3) is 2.55. The van der Waals surface area contributed by atoms with Crippen LogP contribution in [-0.2, 0) is 0 Å². The quantitative estimate of drug-likeness (QED) is 0.432. The van der Waals surface area contributed by atoms with Crippen LogP contribution in [0.25, 0.3) is 10.9 Å². The number of amides is 1. The number of nitro benzene ring substituents is 1. The largest absolute Gasteiger partial charge is 0.493 e. The monoisotopic (exact) mass is 314 g/mol. The summed E-state index contributed by atoms with van der Waals surface area (Å²) in [6.07, 6.45) is 1.35. The molecule has 2 N–H and O–H groups in total. The van der Waals surface area contributed by atoms with Crippen molar-refractivity contribution in [1.82, 2.24) is 4.98 Å². The third-order valence-electron chi connectivity index (χ3n) is 3.28. The maximum atomic E-state index is 11.9. The van der Waals surface area contributed by atoms with Crippen LogP contribution in [0.1, 0.15) is 16.1 Å². The smallest absolute Gasteiger partial charge is 0.298 e. The highest BCUT2D eigenvalue weighted by Gasteiger charge is 2.16. The van der Waals surface area contributed by atoms with E-state index >= 15 is 0 Å². The molecule has 0 fully saturated rings. The van der Waals surface area contributed by atoms with Gasteiger partial charge in [0.05, 0.1) is 22.3 Å². The van der Waals surface area contributed by atoms with Gasteiger partial charge in [0.1, 0.15) is 5.76 Å². The first-order valence-corrected chi connectivity index (χ1v) is 6.46. The maximum absolute atomic E-state index is 11.9. The van der Waals surface area contributed by atoms with Gasteiger partial charge in [-0.25, -0.2) is 0 Å². The van der Waals surface area contributed by atoms with Gasteiger partial charge in [0, 0.05) is 17.5 Å². The predicted octanol–water partition coefficient (Wildman–Crippen LogP) is 3.61. The molecule has 0 saturated heterocycles. The minimum atomic E-state index is -0.643. The van der Waals surface area contributed by atoms with Crippen LogP contribution in [0.4, 0.5) is 11.4 Å². The lowest BCUT2D eigenvalue weighted by Crippen LogP contribution is -1.93. The fourth-order valence-corrected chi connectivity index (χ4v) is 2.12. The number of aromatic hydroxyl groups is 1. The van der Waals surface area contributed by atoms with E-state index in [4.69, 9.17) is 4.42 Å².